The van der Waals surface area contributed by atoms with Gasteiger partial charge in [-0.1, -0.05) is 11.6 Å². The molecule has 2 N–H and O–H groups in total. The average molecular weight is 327 g/mol. The maximum Gasteiger partial charge on any atom is 0.131 e. The zero-order valence-corrected chi connectivity index (χ0v) is 12.7. The highest BCUT2D eigenvalue weighted by Crippen LogP contribution is 2.29. The van der Waals surface area contributed by atoms with Crippen molar-refractivity contribution >= 4 is 11.6 Å². The zero-order chi connectivity index (χ0) is 16.1. The molecular formula is C16H16ClFO4. The predicted octanol–water partition coefficient (Wildman–Crippen LogP) is 3.05. The third-order valence-corrected chi connectivity index (χ3v) is 3.54. The van der Waals surface area contributed by atoms with Crippen LogP contribution in [0.3, 0.4) is 0 Å². The average Bonchev–Trinajstić information content (AvgIpc) is 2.54. The van der Waals surface area contributed by atoms with E-state index in [4.69, 9.17) is 21.1 Å². The Bertz CT molecular complexity index is 636. The highest BCUT2D eigenvalue weighted by Gasteiger charge is 2.13. The first-order valence-electron chi connectivity index (χ1n) is 6.57. The fourth-order valence-corrected chi connectivity index (χ4v) is 2.24. The molecule has 0 spiro atoms. The lowest BCUT2D eigenvalue weighted by molar-refractivity contribution is 0.241. The molecule has 0 atom stereocenters. The van der Waals surface area contributed by atoms with E-state index < -0.39 is 19.0 Å². The van der Waals surface area contributed by atoms with Crippen LogP contribution < -0.4 is 9.47 Å². The van der Waals surface area contributed by atoms with Gasteiger partial charge < -0.3 is 19.7 Å². The number of benzene rings is 2. The van der Waals surface area contributed by atoms with Gasteiger partial charge in [-0.2, -0.15) is 0 Å². The highest BCUT2D eigenvalue weighted by molar-refractivity contribution is 6.31. The molecule has 0 heterocycles. The Balaban J connectivity index is 2.28. The second-order valence-corrected chi connectivity index (χ2v) is 5.02. The molecule has 0 aliphatic heterocycles. The molecule has 0 fully saturated rings. The second kappa shape index (κ2) is 7.45. The van der Waals surface area contributed by atoms with E-state index in [2.05, 4.69) is 0 Å². The third kappa shape index (κ3) is 3.68. The first-order valence-corrected chi connectivity index (χ1v) is 6.95. The van der Waals surface area contributed by atoms with Crippen molar-refractivity contribution < 1.29 is 24.1 Å². The van der Waals surface area contributed by atoms with Crippen LogP contribution in [0.5, 0.6) is 11.5 Å². The normalized spacial score (nSPS) is 10.6. The molecule has 22 heavy (non-hydrogen) atoms. The van der Waals surface area contributed by atoms with Gasteiger partial charge in [0.15, 0.2) is 0 Å². The monoisotopic (exact) mass is 326 g/mol. The molecule has 0 radical (unpaired) electrons. The van der Waals surface area contributed by atoms with Gasteiger partial charge in [0.1, 0.15) is 23.9 Å². The predicted molar refractivity (Wildman–Crippen MR) is 80.6 cm³/mol. The summed E-state index contributed by atoms with van der Waals surface area (Å²) in [7, 11) is 1.54. The van der Waals surface area contributed by atoms with Gasteiger partial charge in [-0.25, -0.2) is 4.39 Å². The number of hydrogen-bond donors (Lipinski definition) is 2. The summed E-state index contributed by atoms with van der Waals surface area (Å²) in [6, 6.07) is 7.47. The van der Waals surface area contributed by atoms with Crippen LogP contribution >= 0.6 is 11.6 Å². The lowest BCUT2D eigenvalue weighted by Gasteiger charge is -2.15. The molecule has 2 aromatic rings. The molecule has 118 valence electrons. The van der Waals surface area contributed by atoms with E-state index in [-0.39, 0.29) is 23.5 Å². The Morgan fingerprint density at radius 3 is 2.23 bits per heavy atom. The van der Waals surface area contributed by atoms with Crippen molar-refractivity contribution in [3.8, 4) is 11.5 Å². The van der Waals surface area contributed by atoms with Crippen molar-refractivity contribution in [3.05, 3.63) is 57.9 Å². The summed E-state index contributed by atoms with van der Waals surface area (Å²) >= 11 is 6.10. The summed E-state index contributed by atoms with van der Waals surface area (Å²) in [5.41, 5.74) is 1.21. The van der Waals surface area contributed by atoms with E-state index in [1.54, 1.807) is 25.3 Å². The molecule has 0 saturated heterocycles. The van der Waals surface area contributed by atoms with Crippen LogP contribution in [0.4, 0.5) is 4.39 Å². The minimum Gasteiger partial charge on any atom is -0.497 e. The van der Waals surface area contributed by atoms with Crippen molar-refractivity contribution in [3.63, 3.8) is 0 Å². The van der Waals surface area contributed by atoms with Crippen LogP contribution in [0, 0.1) is 5.82 Å². The lowest BCUT2D eigenvalue weighted by Crippen LogP contribution is -2.04. The fraction of sp³-hybridized carbons (Fsp3) is 0.250. The molecule has 0 aliphatic carbocycles. The first kappa shape index (κ1) is 16.5. The fourth-order valence-electron chi connectivity index (χ4n) is 2.07. The Kier molecular flexibility index (Phi) is 5.60. The van der Waals surface area contributed by atoms with Crippen molar-refractivity contribution in [1.82, 2.24) is 0 Å². The maximum absolute atomic E-state index is 13.4. The molecule has 6 heteroatoms. The molecular weight excluding hydrogens is 311 g/mol. The smallest absolute Gasteiger partial charge is 0.131 e. The van der Waals surface area contributed by atoms with Gasteiger partial charge in [-0.15, -0.1) is 0 Å². The standard InChI is InChI=1S/C16H16ClFO4/c1-21-14-2-3-15(17)12(6-14)9-22-16-10(7-19)4-13(18)5-11(16)8-20/h2-6,19-20H,7-9H2,1H3. The molecule has 0 bridgehead atoms. The summed E-state index contributed by atoms with van der Waals surface area (Å²) in [6.45, 7) is -0.695. The number of hydrogen-bond acceptors (Lipinski definition) is 4. The van der Waals surface area contributed by atoms with Crippen LogP contribution in [0.1, 0.15) is 16.7 Å². The minimum absolute atomic E-state index is 0.0989. The van der Waals surface area contributed by atoms with E-state index in [1.807, 2.05) is 0 Å². The van der Waals surface area contributed by atoms with Crippen molar-refractivity contribution in [1.29, 1.82) is 0 Å². The highest BCUT2D eigenvalue weighted by atomic mass is 35.5. The van der Waals surface area contributed by atoms with Gasteiger partial charge in [0, 0.05) is 21.7 Å². The Morgan fingerprint density at radius 2 is 1.68 bits per heavy atom. The Morgan fingerprint density at radius 1 is 1.05 bits per heavy atom. The summed E-state index contributed by atoms with van der Waals surface area (Å²) in [4.78, 5) is 0. The number of ether oxygens (including phenoxy) is 2. The number of halogens is 2. The van der Waals surface area contributed by atoms with E-state index in [0.717, 1.165) is 0 Å². The van der Waals surface area contributed by atoms with E-state index in [9.17, 15) is 14.6 Å². The van der Waals surface area contributed by atoms with E-state index >= 15 is 0 Å². The third-order valence-electron chi connectivity index (χ3n) is 3.17. The van der Waals surface area contributed by atoms with Gasteiger partial charge >= 0.3 is 0 Å². The number of aliphatic hydroxyl groups is 2. The number of methoxy groups -OCH3 is 1. The van der Waals surface area contributed by atoms with Gasteiger partial charge in [-0.3, -0.25) is 0 Å². The summed E-state index contributed by atoms with van der Waals surface area (Å²) < 4.78 is 24.2. The van der Waals surface area contributed by atoms with Gasteiger partial charge in [-0.05, 0) is 30.3 Å². The maximum atomic E-state index is 13.4. The summed E-state index contributed by atoms with van der Waals surface area (Å²) in [5, 5.41) is 19.1. The van der Waals surface area contributed by atoms with Crippen molar-refractivity contribution in [2.45, 2.75) is 19.8 Å². The zero-order valence-electron chi connectivity index (χ0n) is 12.0. The van der Waals surface area contributed by atoms with Gasteiger partial charge in [0.05, 0.1) is 20.3 Å². The van der Waals surface area contributed by atoms with E-state index in [1.165, 1.54) is 12.1 Å². The van der Waals surface area contributed by atoms with Crippen molar-refractivity contribution in [2.75, 3.05) is 7.11 Å². The van der Waals surface area contributed by atoms with Gasteiger partial charge in [0.25, 0.3) is 0 Å². The first-order chi connectivity index (χ1) is 10.6. The molecule has 0 aliphatic rings. The molecule has 0 aromatic heterocycles. The van der Waals surface area contributed by atoms with Gasteiger partial charge in [0.2, 0.25) is 0 Å². The topological polar surface area (TPSA) is 58.9 Å². The molecule has 2 rings (SSSR count). The summed E-state index contributed by atoms with van der Waals surface area (Å²) in [5.74, 6) is 0.344. The second-order valence-electron chi connectivity index (χ2n) is 4.62. The van der Waals surface area contributed by atoms with Crippen LogP contribution in [-0.4, -0.2) is 17.3 Å². The van der Waals surface area contributed by atoms with E-state index in [0.29, 0.717) is 16.3 Å². The Labute approximate surface area is 132 Å². The van der Waals surface area contributed by atoms with Crippen LogP contribution in [-0.2, 0) is 19.8 Å². The Hall–Kier alpha value is -1.82. The molecule has 2 aromatic carbocycles. The number of rotatable bonds is 6. The largest absolute Gasteiger partial charge is 0.497 e. The molecule has 0 saturated carbocycles. The molecule has 0 unspecified atom stereocenters. The number of aliphatic hydroxyl groups excluding tert-OH is 2. The SMILES string of the molecule is COc1ccc(Cl)c(COc2c(CO)cc(F)cc2CO)c1. The summed E-state index contributed by atoms with van der Waals surface area (Å²) in [6.07, 6.45) is 0. The van der Waals surface area contributed by atoms with Crippen LogP contribution in [0.2, 0.25) is 5.02 Å². The quantitative estimate of drug-likeness (QED) is 0.856. The molecule has 0 amide bonds. The lowest BCUT2D eigenvalue weighted by atomic mass is 10.1. The van der Waals surface area contributed by atoms with Crippen LogP contribution in [0.25, 0.3) is 0 Å². The van der Waals surface area contributed by atoms with Crippen molar-refractivity contribution in [2.24, 2.45) is 0 Å². The minimum atomic E-state index is -0.542. The molecule has 4 nitrogen and oxygen atoms in total. The van der Waals surface area contributed by atoms with Crippen LogP contribution in [0.15, 0.2) is 30.3 Å².